The van der Waals surface area contributed by atoms with Crippen LogP contribution in [0.15, 0.2) is 52.5 Å². The van der Waals surface area contributed by atoms with E-state index in [0.717, 1.165) is 43.8 Å². The Morgan fingerprint density at radius 2 is 1.58 bits per heavy atom. The Morgan fingerprint density at radius 3 is 2.21 bits per heavy atom. The molecular formula is C26H24BrN3O2S. The molecule has 4 rings (SSSR count). The second-order valence-corrected chi connectivity index (χ2v) is 9.64. The molecule has 1 saturated heterocycles. The summed E-state index contributed by atoms with van der Waals surface area (Å²) in [6, 6.07) is 13.9. The maximum Gasteiger partial charge on any atom is 0.270 e. The van der Waals surface area contributed by atoms with Gasteiger partial charge >= 0.3 is 0 Å². The lowest BCUT2D eigenvalue weighted by molar-refractivity contribution is -0.122. The minimum absolute atomic E-state index is 0.0509. The summed E-state index contributed by atoms with van der Waals surface area (Å²) in [5.41, 5.74) is 7.61. The number of aryl methyl sites for hydroxylation is 4. The minimum Gasteiger partial charge on any atom is -0.318 e. The summed E-state index contributed by atoms with van der Waals surface area (Å²) >= 11 is 8.89. The van der Waals surface area contributed by atoms with Gasteiger partial charge in [-0.15, -0.1) is 0 Å². The van der Waals surface area contributed by atoms with E-state index in [2.05, 4.69) is 31.9 Å². The topological polar surface area (TPSA) is 54.3 Å². The molecule has 2 amide bonds. The monoisotopic (exact) mass is 521 g/mol. The number of nitrogens with one attached hydrogen (secondary N) is 1. The van der Waals surface area contributed by atoms with Gasteiger partial charge in [-0.2, -0.15) is 0 Å². The quantitative estimate of drug-likeness (QED) is 0.276. The highest BCUT2D eigenvalue weighted by Gasteiger charge is 2.35. The van der Waals surface area contributed by atoms with Crippen LogP contribution in [0.1, 0.15) is 33.6 Å². The lowest BCUT2D eigenvalue weighted by Gasteiger charge is -2.29. The van der Waals surface area contributed by atoms with Gasteiger partial charge in [0, 0.05) is 21.5 Å². The Labute approximate surface area is 207 Å². The molecular weight excluding hydrogens is 498 g/mol. The van der Waals surface area contributed by atoms with E-state index in [4.69, 9.17) is 12.2 Å². The van der Waals surface area contributed by atoms with Crippen molar-refractivity contribution in [1.29, 1.82) is 0 Å². The number of anilines is 1. The number of halogens is 1. The fourth-order valence-electron chi connectivity index (χ4n) is 4.23. The predicted octanol–water partition coefficient (Wildman–Crippen LogP) is 5.61. The van der Waals surface area contributed by atoms with Gasteiger partial charge in [0.1, 0.15) is 5.57 Å². The third-order valence-electron chi connectivity index (χ3n) is 5.74. The molecule has 168 valence electrons. The number of hydrogen-bond donors (Lipinski definition) is 1. The van der Waals surface area contributed by atoms with Gasteiger partial charge < -0.3 is 4.57 Å². The largest absolute Gasteiger partial charge is 0.318 e. The van der Waals surface area contributed by atoms with E-state index in [1.807, 2.05) is 71.0 Å². The second-order valence-electron chi connectivity index (χ2n) is 8.40. The lowest BCUT2D eigenvalue weighted by atomic mass is 10.1. The molecule has 1 aliphatic rings. The van der Waals surface area contributed by atoms with Crippen LogP contribution in [0.5, 0.6) is 0 Å². The van der Waals surface area contributed by atoms with E-state index in [1.165, 1.54) is 4.90 Å². The molecule has 3 aromatic rings. The standard InChI is InChI=1S/C26H24BrN3O2S/c1-14-8-15(2)10-21(9-14)30-25(32)22(24(31)28-26(30)33)13-19-12-17(4)29(18(19)5)20-6-7-23(27)16(3)11-20/h6-13H,1-5H3,(H,28,31,33)/b22-13+. The van der Waals surface area contributed by atoms with E-state index in [9.17, 15) is 9.59 Å². The fourth-order valence-corrected chi connectivity index (χ4v) is 4.75. The van der Waals surface area contributed by atoms with Gasteiger partial charge in [-0.05, 0) is 112 Å². The van der Waals surface area contributed by atoms with E-state index in [1.54, 1.807) is 6.08 Å². The number of hydrogen-bond acceptors (Lipinski definition) is 3. The summed E-state index contributed by atoms with van der Waals surface area (Å²) in [4.78, 5) is 27.6. The molecule has 1 aromatic heterocycles. The molecule has 1 N–H and O–H groups in total. The molecule has 2 aromatic carbocycles. The third-order valence-corrected chi connectivity index (χ3v) is 6.91. The number of thiocarbonyl (C=S) groups is 1. The molecule has 0 aliphatic carbocycles. The van der Waals surface area contributed by atoms with Crippen molar-refractivity contribution < 1.29 is 9.59 Å². The maximum absolute atomic E-state index is 13.4. The average molecular weight is 522 g/mol. The van der Waals surface area contributed by atoms with Crippen molar-refractivity contribution >= 4 is 56.8 Å². The van der Waals surface area contributed by atoms with E-state index in [0.29, 0.717) is 5.69 Å². The summed E-state index contributed by atoms with van der Waals surface area (Å²) in [7, 11) is 0. The lowest BCUT2D eigenvalue weighted by Crippen LogP contribution is -2.54. The number of nitrogens with zero attached hydrogens (tertiary/aromatic N) is 2. The smallest absolute Gasteiger partial charge is 0.270 e. The molecule has 0 bridgehead atoms. The number of carbonyl (C=O) groups is 2. The molecule has 0 unspecified atom stereocenters. The molecule has 7 heteroatoms. The first-order chi connectivity index (χ1) is 15.6. The van der Waals surface area contributed by atoms with Crippen LogP contribution in [0.3, 0.4) is 0 Å². The van der Waals surface area contributed by atoms with Crippen molar-refractivity contribution in [2.45, 2.75) is 34.6 Å². The number of benzene rings is 2. The van der Waals surface area contributed by atoms with Crippen molar-refractivity contribution in [3.05, 3.63) is 86.2 Å². The van der Waals surface area contributed by atoms with Crippen molar-refractivity contribution in [2.24, 2.45) is 0 Å². The van der Waals surface area contributed by atoms with Crippen LogP contribution in [0.25, 0.3) is 11.8 Å². The van der Waals surface area contributed by atoms with Crippen molar-refractivity contribution in [1.82, 2.24) is 9.88 Å². The molecule has 0 radical (unpaired) electrons. The number of aromatic nitrogens is 1. The van der Waals surface area contributed by atoms with E-state index < -0.39 is 11.8 Å². The molecule has 0 spiro atoms. The van der Waals surface area contributed by atoms with Crippen LogP contribution in [-0.4, -0.2) is 21.5 Å². The van der Waals surface area contributed by atoms with E-state index in [-0.39, 0.29) is 10.7 Å². The molecule has 33 heavy (non-hydrogen) atoms. The number of rotatable bonds is 3. The van der Waals surface area contributed by atoms with Crippen LogP contribution >= 0.6 is 28.1 Å². The zero-order valence-corrected chi connectivity index (χ0v) is 21.5. The highest BCUT2D eigenvalue weighted by Crippen LogP contribution is 2.28. The van der Waals surface area contributed by atoms with Crippen LogP contribution in [0.4, 0.5) is 5.69 Å². The first-order valence-electron chi connectivity index (χ1n) is 10.5. The summed E-state index contributed by atoms with van der Waals surface area (Å²) < 4.78 is 3.16. The van der Waals surface area contributed by atoms with Crippen molar-refractivity contribution in [3.8, 4) is 5.69 Å². The van der Waals surface area contributed by atoms with Gasteiger partial charge in [0.25, 0.3) is 11.8 Å². The Kier molecular flexibility index (Phi) is 6.12. The summed E-state index contributed by atoms with van der Waals surface area (Å²) in [6.45, 7) is 9.95. The Bertz CT molecular complexity index is 1350. The number of carbonyl (C=O) groups excluding carboxylic acids is 2. The Hall–Kier alpha value is -3.03. The minimum atomic E-state index is -0.491. The van der Waals surface area contributed by atoms with Gasteiger partial charge in [-0.1, -0.05) is 22.0 Å². The first kappa shape index (κ1) is 23.1. The summed E-state index contributed by atoms with van der Waals surface area (Å²) in [5.74, 6) is -0.923. The van der Waals surface area contributed by atoms with Crippen LogP contribution in [0, 0.1) is 34.6 Å². The average Bonchev–Trinajstić information content (AvgIpc) is 2.99. The molecule has 1 fully saturated rings. The second kappa shape index (κ2) is 8.72. The Morgan fingerprint density at radius 1 is 0.909 bits per heavy atom. The zero-order valence-electron chi connectivity index (χ0n) is 19.1. The highest BCUT2D eigenvalue weighted by molar-refractivity contribution is 9.10. The molecule has 1 aliphatic heterocycles. The van der Waals surface area contributed by atoms with Gasteiger partial charge in [-0.25, -0.2) is 0 Å². The summed E-state index contributed by atoms with van der Waals surface area (Å²) in [6.07, 6.45) is 1.65. The first-order valence-corrected chi connectivity index (χ1v) is 11.7. The van der Waals surface area contributed by atoms with Gasteiger partial charge in [0.2, 0.25) is 0 Å². The molecule has 5 nitrogen and oxygen atoms in total. The normalized spacial score (nSPS) is 15.4. The number of amides is 2. The van der Waals surface area contributed by atoms with Gasteiger partial charge in [0.15, 0.2) is 5.11 Å². The van der Waals surface area contributed by atoms with Crippen LogP contribution in [0.2, 0.25) is 0 Å². The maximum atomic E-state index is 13.4. The van der Waals surface area contributed by atoms with E-state index >= 15 is 0 Å². The zero-order chi connectivity index (χ0) is 24.0. The summed E-state index contributed by atoms with van der Waals surface area (Å²) in [5, 5.41) is 2.76. The van der Waals surface area contributed by atoms with Crippen molar-refractivity contribution in [3.63, 3.8) is 0 Å². The van der Waals surface area contributed by atoms with Crippen LogP contribution < -0.4 is 10.2 Å². The molecule has 0 atom stereocenters. The third kappa shape index (κ3) is 4.30. The van der Waals surface area contributed by atoms with Crippen molar-refractivity contribution in [2.75, 3.05) is 4.90 Å². The Balaban J connectivity index is 1.78. The SMILES string of the molecule is Cc1cc(C)cc(N2C(=O)/C(=C/c3cc(C)n(-c4ccc(Br)c(C)c4)c3C)C(=O)NC2=S)c1. The fraction of sp³-hybridized carbons (Fsp3) is 0.192. The predicted molar refractivity (Wildman–Crippen MR) is 140 cm³/mol. The van der Waals surface area contributed by atoms with Gasteiger partial charge in [-0.3, -0.25) is 19.8 Å². The van der Waals surface area contributed by atoms with Gasteiger partial charge in [0.05, 0.1) is 5.69 Å². The van der Waals surface area contributed by atoms with Crippen LogP contribution in [-0.2, 0) is 9.59 Å². The molecule has 0 saturated carbocycles. The molecule has 2 heterocycles. The highest BCUT2D eigenvalue weighted by atomic mass is 79.9.